The van der Waals surface area contributed by atoms with Gasteiger partial charge in [-0.15, -0.1) is 0 Å². The van der Waals surface area contributed by atoms with Gasteiger partial charge in [-0.2, -0.15) is 0 Å². The molecule has 2 amide bonds. The minimum Gasteiger partial charge on any atom is -0.346 e. The van der Waals surface area contributed by atoms with Crippen LogP contribution in [0.25, 0.3) is 0 Å². The van der Waals surface area contributed by atoms with Crippen molar-refractivity contribution in [1.29, 1.82) is 0 Å². The first kappa shape index (κ1) is 40.3. The summed E-state index contributed by atoms with van der Waals surface area (Å²) in [5, 5.41) is 6.10. The van der Waals surface area contributed by atoms with Crippen molar-refractivity contribution in [2.45, 2.75) is 161 Å². The van der Waals surface area contributed by atoms with Crippen LogP contribution in [0.1, 0.15) is 149 Å². The second-order valence-electron chi connectivity index (χ2n) is 17.3. The Morgan fingerprint density at radius 1 is 0.773 bits per heavy atom. The molecule has 0 saturated heterocycles. The van der Waals surface area contributed by atoms with Gasteiger partial charge in [0.25, 0.3) is 0 Å². The van der Waals surface area contributed by atoms with Crippen molar-refractivity contribution < 1.29 is 19.2 Å². The molecule has 0 bridgehead atoms. The number of nitrogens with one attached hydrogen (secondary N) is 2. The largest absolute Gasteiger partial charge is 0.346 e. The molecule has 0 aromatic rings. The van der Waals surface area contributed by atoms with Crippen molar-refractivity contribution in [3.05, 3.63) is 0 Å². The molecule has 0 spiro atoms. The average Bonchev–Trinajstić information content (AvgIpc) is 3.74. The topological polar surface area (TPSA) is 92.3 Å². The third-order valence-corrected chi connectivity index (χ3v) is 9.70. The SMILES string of the molecule is CC.CC(C)C[C@@H]1C[C@H]1C(=O)NC(C(=O)C(C)(C)C)C(C)(C)C.CCC(=O)C(NC(=O)C1C(C2CCCC2)[C@H]1C)C(C)(C)C. The van der Waals surface area contributed by atoms with Crippen LogP contribution in [0.4, 0.5) is 0 Å². The van der Waals surface area contributed by atoms with Crippen molar-refractivity contribution in [1.82, 2.24) is 10.6 Å². The first-order chi connectivity index (χ1) is 20.1. The quantitative estimate of drug-likeness (QED) is 0.257. The van der Waals surface area contributed by atoms with Gasteiger partial charge >= 0.3 is 0 Å². The van der Waals surface area contributed by atoms with Gasteiger partial charge in [0.2, 0.25) is 11.8 Å². The van der Waals surface area contributed by atoms with Gasteiger partial charge in [0.15, 0.2) is 11.6 Å². The molecule has 4 unspecified atom stereocenters. The first-order valence-corrected chi connectivity index (χ1v) is 17.8. The summed E-state index contributed by atoms with van der Waals surface area (Å²) >= 11 is 0. The number of carbonyl (C=O) groups excluding carboxylic acids is 4. The second kappa shape index (κ2) is 16.2. The van der Waals surface area contributed by atoms with Crippen molar-refractivity contribution in [3.8, 4) is 0 Å². The van der Waals surface area contributed by atoms with Gasteiger partial charge in [0.1, 0.15) is 0 Å². The van der Waals surface area contributed by atoms with Crippen molar-refractivity contribution >= 4 is 23.4 Å². The lowest BCUT2D eigenvalue weighted by molar-refractivity contribution is -0.135. The molecule has 3 saturated carbocycles. The van der Waals surface area contributed by atoms with Gasteiger partial charge in [0.05, 0.1) is 12.1 Å². The van der Waals surface area contributed by atoms with Crippen LogP contribution in [-0.4, -0.2) is 35.5 Å². The number of hydrogen-bond donors (Lipinski definition) is 2. The maximum absolute atomic E-state index is 12.6. The highest BCUT2D eigenvalue weighted by atomic mass is 16.2. The van der Waals surface area contributed by atoms with E-state index < -0.39 is 11.5 Å². The minimum atomic E-state index is -0.438. The molecule has 44 heavy (non-hydrogen) atoms. The van der Waals surface area contributed by atoms with E-state index in [1.165, 1.54) is 25.7 Å². The molecule has 6 heteroatoms. The molecule has 6 nitrogen and oxygen atoms in total. The number of rotatable bonds is 10. The van der Waals surface area contributed by atoms with E-state index in [0.29, 0.717) is 30.1 Å². The molecule has 3 fully saturated rings. The molecule has 3 aliphatic carbocycles. The van der Waals surface area contributed by atoms with E-state index in [4.69, 9.17) is 0 Å². The van der Waals surface area contributed by atoms with Crippen LogP contribution in [0.3, 0.4) is 0 Å². The van der Waals surface area contributed by atoms with Crippen molar-refractivity contribution in [3.63, 3.8) is 0 Å². The molecule has 7 atom stereocenters. The number of carbonyl (C=O) groups is 4. The van der Waals surface area contributed by atoms with Crippen molar-refractivity contribution in [2.75, 3.05) is 0 Å². The molecule has 0 aromatic heterocycles. The number of amides is 2. The van der Waals surface area contributed by atoms with Crippen LogP contribution < -0.4 is 10.6 Å². The number of hydrogen-bond acceptors (Lipinski definition) is 4. The van der Waals surface area contributed by atoms with Crippen LogP contribution in [-0.2, 0) is 19.2 Å². The van der Waals surface area contributed by atoms with E-state index >= 15 is 0 Å². The Kier molecular flexibility index (Phi) is 14.8. The minimum absolute atomic E-state index is 0.0678. The zero-order valence-electron chi connectivity index (χ0n) is 31.3. The molecule has 0 heterocycles. The van der Waals surface area contributed by atoms with Gasteiger partial charge in [-0.05, 0) is 53.3 Å². The van der Waals surface area contributed by atoms with Crippen LogP contribution >= 0.6 is 0 Å². The predicted octanol–water partition coefficient (Wildman–Crippen LogP) is 8.41. The van der Waals surface area contributed by atoms with Crippen LogP contribution in [0.2, 0.25) is 0 Å². The fourth-order valence-corrected chi connectivity index (χ4v) is 6.99. The lowest BCUT2D eigenvalue weighted by Crippen LogP contribution is -2.53. The fraction of sp³-hybridized carbons (Fsp3) is 0.895. The third kappa shape index (κ3) is 11.6. The summed E-state index contributed by atoms with van der Waals surface area (Å²) in [5.41, 5.74) is -0.918. The van der Waals surface area contributed by atoms with Gasteiger partial charge in [-0.25, -0.2) is 0 Å². The Hall–Kier alpha value is -1.72. The van der Waals surface area contributed by atoms with Crippen molar-refractivity contribution in [2.24, 2.45) is 57.7 Å². The lowest BCUT2D eigenvalue weighted by Gasteiger charge is -2.34. The normalized spacial score (nSPS) is 26.3. The maximum atomic E-state index is 12.6. The molecule has 256 valence electrons. The summed E-state index contributed by atoms with van der Waals surface area (Å²) < 4.78 is 0. The molecule has 0 aromatic carbocycles. The van der Waals surface area contributed by atoms with E-state index in [1.54, 1.807) is 0 Å². The average molecular weight is 619 g/mol. The second-order valence-corrected chi connectivity index (χ2v) is 17.3. The zero-order valence-corrected chi connectivity index (χ0v) is 31.3. The standard InChI is InChI=1S/C18H31NO2.C18H33NO2.C2H6/c1-6-13(20)16(18(3,4)5)19-17(21)15-11(2)14(15)12-9-7-8-10-12;1-11(2)9-12-10-13(12)16(21)19-14(17(3,4)5)15(20)18(6,7)8;1-2/h11-12,14-16H,6-10H2,1-5H3,(H,19,21);11-14H,9-10H2,1-8H3,(H,19,21);1-2H3/t11-,14?,15?,16?;12-,13-,14?;/m11./s1. The summed E-state index contributed by atoms with van der Waals surface area (Å²) in [5.74, 6) is 3.62. The van der Waals surface area contributed by atoms with E-state index in [0.717, 1.165) is 18.8 Å². The lowest BCUT2D eigenvalue weighted by atomic mass is 9.75. The van der Waals surface area contributed by atoms with E-state index in [9.17, 15) is 19.2 Å². The maximum Gasteiger partial charge on any atom is 0.224 e. The fourth-order valence-electron chi connectivity index (χ4n) is 6.99. The predicted molar refractivity (Wildman–Crippen MR) is 183 cm³/mol. The van der Waals surface area contributed by atoms with Gasteiger partial charge < -0.3 is 10.6 Å². The van der Waals surface area contributed by atoms with E-state index in [-0.39, 0.29) is 52.1 Å². The molecule has 0 aliphatic heterocycles. The Labute approximate surface area is 271 Å². The Morgan fingerprint density at radius 3 is 1.66 bits per heavy atom. The van der Waals surface area contributed by atoms with E-state index in [1.807, 2.05) is 83.1 Å². The molecular formula is C38H70N2O4. The van der Waals surface area contributed by atoms with Crippen LogP contribution in [0.15, 0.2) is 0 Å². The summed E-state index contributed by atoms with van der Waals surface area (Å²) in [4.78, 5) is 49.8. The zero-order chi connectivity index (χ0) is 34.4. The molecule has 3 rings (SSSR count). The Balaban J connectivity index is 0.000000417. The van der Waals surface area contributed by atoms with Crippen LogP contribution in [0, 0.1) is 57.7 Å². The summed E-state index contributed by atoms with van der Waals surface area (Å²) in [6.07, 6.45) is 7.78. The monoisotopic (exact) mass is 619 g/mol. The summed E-state index contributed by atoms with van der Waals surface area (Å²) in [6, 6.07) is -0.766. The first-order valence-electron chi connectivity index (χ1n) is 17.8. The highest BCUT2D eigenvalue weighted by Gasteiger charge is 2.55. The third-order valence-electron chi connectivity index (χ3n) is 9.70. The molecule has 0 radical (unpaired) electrons. The van der Waals surface area contributed by atoms with E-state index in [2.05, 4.69) is 31.4 Å². The summed E-state index contributed by atoms with van der Waals surface area (Å²) in [6.45, 7) is 30.3. The Morgan fingerprint density at radius 2 is 1.25 bits per heavy atom. The highest BCUT2D eigenvalue weighted by molar-refractivity contribution is 5.94. The molecule has 3 aliphatic rings. The smallest absolute Gasteiger partial charge is 0.224 e. The Bertz CT molecular complexity index is 959. The number of ketones is 2. The summed E-state index contributed by atoms with van der Waals surface area (Å²) in [7, 11) is 0. The molecular weight excluding hydrogens is 548 g/mol. The molecule has 2 N–H and O–H groups in total. The van der Waals surface area contributed by atoms with Crippen LogP contribution in [0.5, 0.6) is 0 Å². The highest BCUT2D eigenvalue weighted by Crippen LogP contribution is 2.55. The number of Topliss-reactive ketones (excluding diaryl/α,β-unsaturated/α-hetero) is 2. The van der Waals surface area contributed by atoms with Gasteiger partial charge in [0, 0.05) is 23.7 Å². The van der Waals surface area contributed by atoms with Gasteiger partial charge in [-0.3, -0.25) is 19.2 Å². The van der Waals surface area contributed by atoms with Gasteiger partial charge in [-0.1, -0.05) is 130 Å².